The van der Waals surface area contributed by atoms with E-state index in [2.05, 4.69) is 75.4 Å². The van der Waals surface area contributed by atoms with Crippen molar-refractivity contribution < 1.29 is 34.5 Å². The SMILES string of the molecule is C#CC1(C)CC1.C[C@H](c1ccccc1C#CC1(N)CC1)n1c(=O)oc2cc(S(=O)(=O)Nc3ncns3)c(F)cc21.C[C@H](c1ccccc1I)n1c(=O)oc2cc(S(=O)(=O)Nc3ncns3)c(F)cc21. The number of terminal acetylenes is 1. The maximum atomic E-state index is 15.0. The van der Waals surface area contributed by atoms with E-state index >= 15 is 0 Å². The van der Waals surface area contributed by atoms with E-state index in [0.29, 0.717) is 11.0 Å². The molecule has 2 fully saturated rings. The monoisotopic (exact) mass is 1130 g/mol. The average molecular weight is 1130 g/mol. The van der Waals surface area contributed by atoms with E-state index < -0.39 is 70.6 Å². The summed E-state index contributed by atoms with van der Waals surface area (Å²) in [6.45, 7) is 5.66. The van der Waals surface area contributed by atoms with E-state index in [-0.39, 0.29) is 32.5 Å². The molecule has 17 nitrogen and oxygen atoms in total. The number of oxazole rings is 2. The first-order valence-corrected chi connectivity index (χ1v) is 26.2. The molecule has 0 bridgehead atoms. The van der Waals surface area contributed by atoms with Crippen LogP contribution in [0.15, 0.2) is 114 Å². The summed E-state index contributed by atoms with van der Waals surface area (Å²) in [5.41, 5.74) is 8.36. The third-order valence-corrected chi connectivity index (χ3v) is 16.3. The number of fused-ring (bicyclic) bond motifs is 2. The maximum absolute atomic E-state index is 15.0. The highest BCUT2D eigenvalue weighted by atomic mass is 127. The van der Waals surface area contributed by atoms with Gasteiger partial charge < -0.3 is 14.6 Å². The number of hydrogen-bond acceptors (Lipinski definition) is 15. The first-order chi connectivity index (χ1) is 32.7. The summed E-state index contributed by atoms with van der Waals surface area (Å²) in [6.07, 6.45) is 11.6. The van der Waals surface area contributed by atoms with Crippen LogP contribution in [-0.4, -0.2) is 50.2 Å². The molecule has 0 amide bonds. The third-order valence-electron chi connectivity index (χ3n) is 11.2. The van der Waals surface area contributed by atoms with Crippen LogP contribution in [0.4, 0.5) is 19.0 Å². The number of rotatable bonds is 10. The van der Waals surface area contributed by atoms with Crippen molar-refractivity contribution in [2.24, 2.45) is 11.1 Å². The van der Waals surface area contributed by atoms with Gasteiger partial charge in [-0.1, -0.05) is 48.2 Å². The molecular formula is C45H38F2IN9O8S4. The van der Waals surface area contributed by atoms with Crippen LogP contribution in [-0.2, 0) is 20.0 Å². The van der Waals surface area contributed by atoms with Gasteiger partial charge >= 0.3 is 11.5 Å². The smallest absolute Gasteiger partial charge is 0.408 e. The minimum atomic E-state index is -4.32. The van der Waals surface area contributed by atoms with Gasteiger partial charge in [-0.25, -0.2) is 45.2 Å². The quantitative estimate of drug-likeness (QED) is 0.0874. The van der Waals surface area contributed by atoms with Crippen molar-refractivity contribution in [1.29, 1.82) is 0 Å². The van der Waals surface area contributed by atoms with Crippen LogP contribution in [0.1, 0.15) is 75.2 Å². The molecule has 2 aliphatic carbocycles. The van der Waals surface area contributed by atoms with Crippen LogP contribution in [0, 0.1) is 44.8 Å². The van der Waals surface area contributed by atoms with Crippen molar-refractivity contribution in [1.82, 2.24) is 27.8 Å². The number of anilines is 2. The minimum absolute atomic E-state index is 0.00389. The molecule has 8 aromatic rings. The molecular weight excluding hydrogens is 1090 g/mol. The normalized spacial score (nSPS) is 15.3. The van der Waals surface area contributed by atoms with Crippen LogP contribution in [0.3, 0.4) is 0 Å². The van der Waals surface area contributed by atoms with Crippen LogP contribution in [0.25, 0.3) is 22.2 Å². The second-order valence-corrected chi connectivity index (χ2v) is 22.3. The molecule has 4 aromatic carbocycles. The Morgan fingerprint density at radius 2 is 1.23 bits per heavy atom. The van der Waals surface area contributed by atoms with Crippen LogP contribution in [0.2, 0.25) is 0 Å². The topological polar surface area (TPSA) is 240 Å². The Kier molecular flexibility index (Phi) is 13.7. The Morgan fingerprint density at radius 3 is 1.65 bits per heavy atom. The summed E-state index contributed by atoms with van der Waals surface area (Å²) >= 11 is 3.76. The van der Waals surface area contributed by atoms with E-state index in [1.807, 2.05) is 48.5 Å². The van der Waals surface area contributed by atoms with Gasteiger partial charge in [-0.3, -0.25) is 18.6 Å². The molecule has 4 N–H and O–H groups in total. The van der Waals surface area contributed by atoms with Crippen molar-refractivity contribution in [3.05, 3.63) is 138 Å². The zero-order valence-corrected chi connectivity index (χ0v) is 41.9. The molecule has 4 aromatic heterocycles. The van der Waals surface area contributed by atoms with Crippen LogP contribution in [0.5, 0.6) is 0 Å². The molecule has 2 atom stereocenters. The number of aromatic nitrogens is 6. The van der Waals surface area contributed by atoms with Gasteiger partial charge in [-0.05, 0) is 92.3 Å². The lowest BCUT2D eigenvalue weighted by molar-refractivity contribution is 0.488. The zero-order valence-electron chi connectivity index (χ0n) is 36.4. The number of nitrogens with zero attached hydrogens (tertiary/aromatic N) is 6. The summed E-state index contributed by atoms with van der Waals surface area (Å²) in [7, 11) is -8.60. The van der Waals surface area contributed by atoms with Crippen LogP contribution < -0.4 is 26.7 Å². The first kappa shape index (κ1) is 49.1. The maximum Gasteiger partial charge on any atom is 0.420 e. The van der Waals surface area contributed by atoms with Gasteiger partial charge in [-0.15, -0.1) is 12.3 Å². The highest BCUT2D eigenvalue weighted by molar-refractivity contribution is 14.1. The van der Waals surface area contributed by atoms with Gasteiger partial charge in [0, 0.05) is 61.9 Å². The largest absolute Gasteiger partial charge is 0.420 e. The molecule has 356 valence electrons. The number of halogens is 3. The molecule has 69 heavy (non-hydrogen) atoms. The molecule has 0 saturated heterocycles. The summed E-state index contributed by atoms with van der Waals surface area (Å²) in [5.74, 6) is 5.35. The van der Waals surface area contributed by atoms with Crippen molar-refractivity contribution in [2.75, 3.05) is 9.44 Å². The molecule has 10 rings (SSSR count). The van der Waals surface area contributed by atoms with E-state index in [9.17, 15) is 35.2 Å². The standard InChI is InChI=1S/C22H18FN5O4S2.C17H12FIN4O4S2.C6H8/c1-13(15-5-3-2-4-14(15)6-7-22(24)8-9-22)28-17-10-16(23)19(11-18(17)32-21(28)29)34(30,31)27-20-25-12-26-33-20;1-9(10-4-2-3-5-12(10)19)23-13-6-11(18)15(7-14(13)27-17(23)24)29(25,26)22-16-20-8-21-28-16;1-3-6(2)4-5-6/h2-5,10-13H,8-9,24H2,1H3,(H,25,26,27);2-9H,1H3,(H,20,21,22);1H,4-5H2,2H3/t13-;9-;/m11./s1. The Balaban J connectivity index is 0.000000167. The molecule has 0 radical (unpaired) electrons. The van der Waals surface area contributed by atoms with Gasteiger partial charge in [0.15, 0.2) is 11.2 Å². The fourth-order valence-electron chi connectivity index (χ4n) is 6.84. The van der Waals surface area contributed by atoms with E-state index in [0.717, 1.165) is 74.9 Å². The fourth-order valence-corrected chi connectivity index (χ4v) is 11.2. The summed E-state index contributed by atoms with van der Waals surface area (Å²) in [4.78, 5) is 31.4. The van der Waals surface area contributed by atoms with E-state index in [1.54, 1.807) is 13.8 Å². The zero-order chi connectivity index (χ0) is 49.5. The summed E-state index contributed by atoms with van der Waals surface area (Å²) in [6, 6.07) is 17.7. The fraction of sp³-hybridized carbons (Fsp3) is 0.244. The van der Waals surface area contributed by atoms with Gasteiger partial charge in [0.2, 0.25) is 10.3 Å². The van der Waals surface area contributed by atoms with E-state index in [4.69, 9.17) is 21.0 Å². The lowest BCUT2D eigenvalue weighted by Gasteiger charge is -2.15. The summed E-state index contributed by atoms with van der Waals surface area (Å²) < 4.78 is 106. The van der Waals surface area contributed by atoms with Gasteiger partial charge in [-0.2, -0.15) is 8.75 Å². The third kappa shape index (κ3) is 10.8. The highest BCUT2D eigenvalue weighted by Gasteiger charge is 2.36. The predicted octanol–water partition coefficient (Wildman–Crippen LogP) is 7.86. The van der Waals surface area contributed by atoms with Gasteiger partial charge in [0.25, 0.3) is 20.0 Å². The number of nitrogens with two attached hydrogens (primary N) is 1. The van der Waals surface area contributed by atoms with Gasteiger partial charge in [0.05, 0.1) is 28.7 Å². The number of sulfonamides is 2. The Labute approximate surface area is 414 Å². The number of hydrogen-bond donors (Lipinski definition) is 3. The minimum Gasteiger partial charge on any atom is -0.408 e. The number of benzene rings is 4. The highest BCUT2D eigenvalue weighted by Crippen LogP contribution is 2.43. The number of nitrogens with one attached hydrogen (secondary N) is 2. The molecule has 0 spiro atoms. The molecule has 24 heteroatoms. The first-order valence-electron chi connectivity index (χ1n) is 20.6. The summed E-state index contributed by atoms with van der Waals surface area (Å²) in [5, 5.41) is -0.0221. The lowest BCUT2D eigenvalue weighted by Crippen LogP contribution is -2.20. The molecule has 0 aliphatic heterocycles. The molecule has 2 aliphatic rings. The Hall–Kier alpha value is -6.29. The molecule has 4 heterocycles. The van der Waals surface area contributed by atoms with Crippen molar-refractivity contribution >= 4 is 98.2 Å². The van der Waals surface area contributed by atoms with Crippen molar-refractivity contribution in [3.63, 3.8) is 0 Å². The van der Waals surface area contributed by atoms with Crippen molar-refractivity contribution in [3.8, 4) is 24.2 Å². The lowest BCUT2D eigenvalue weighted by atomic mass is 10.0. The molecule has 0 unspecified atom stereocenters. The van der Waals surface area contributed by atoms with Crippen molar-refractivity contribution in [2.45, 2.75) is 73.9 Å². The van der Waals surface area contributed by atoms with Crippen LogP contribution >= 0.6 is 45.7 Å². The molecule has 2 saturated carbocycles. The Bertz CT molecular complexity index is 3700. The second kappa shape index (κ2) is 19.2. The van der Waals surface area contributed by atoms with Gasteiger partial charge in [0.1, 0.15) is 34.1 Å². The Morgan fingerprint density at radius 1 is 0.768 bits per heavy atom. The predicted molar refractivity (Wildman–Crippen MR) is 265 cm³/mol. The van der Waals surface area contributed by atoms with E-state index in [1.165, 1.54) is 34.6 Å². The average Bonchev–Trinajstić information content (AvgIpc) is 3.85. The second-order valence-electron chi connectivity index (χ2n) is 16.3.